The van der Waals surface area contributed by atoms with Crippen LogP contribution < -0.4 is 5.32 Å². The summed E-state index contributed by atoms with van der Waals surface area (Å²) in [6, 6.07) is 0. The molecule has 0 spiro atoms. The Morgan fingerprint density at radius 2 is 1.83 bits per heavy atom. The molecule has 3 heterocycles. The second-order valence-corrected chi connectivity index (χ2v) is 10.1. The second kappa shape index (κ2) is 11.8. The molecule has 2 N–H and O–H groups in total. The van der Waals surface area contributed by atoms with Crippen molar-refractivity contribution in [1.82, 2.24) is 15.1 Å². The van der Waals surface area contributed by atoms with Gasteiger partial charge < -0.3 is 10.2 Å². The van der Waals surface area contributed by atoms with E-state index in [0.29, 0.717) is 35.2 Å². The molecule has 3 aliphatic heterocycles. The lowest BCUT2D eigenvalue weighted by atomic mass is 10.2. The third kappa shape index (κ3) is 8.21. The predicted molar refractivity (Wildman–Crippen MR) is 122 cm³/mol. The smallest absolute Gasteiger partial charge is 0.266 e. The van der Waals surface area contributed by atoms with Gasteiger partial charge in [-0.25, -0.2) is 0 Å². The van der Waals surface area contributed by atoms with Crippen molar-refractivity contribution in [3.63, 3.8) is 0 Å². The van der Waals surface area contributed by atoms with Crippen molar-refractivity contribution >= 4 is 44.3 Å². The lowest BCUT2D eigenvalue weighted by Crippen LogP contribution is -2.27. The van der Waals surface area contributed by atoms with Gasteiger partial charge >= 0.3 is 0 Å². The van der Waals surface area contributed by atoms with Gasteiger partial charge in [-0.15, -0.1) is 0 Å². The van der Waals surface area contributed by atoms with E-state index in [0.717, 1.165) is 5.57 Å². The van der Waals surface area contributed by atoms with E-state index in [4.69, 9.17) is 16.8 Å². The van der Waals surface area contributed by atoms with Gasteiger partial charge in [0.25, 0.3) is 16.0 Å². The number of hydrogen-bond acceptors (Lipinski definition) is 7. The molecule has 0 bridgehead atoms. The molecule has 0 unspecified atom stereocenters. The van der Waals surface area contributed by atoms with Crippen LogP contribution in [0.3, 0.4) is 0 Å². The van der Waals surface area contributed by atoms with Crippen molar-refractivity contribution in [1.29, 1.82) is 0 Å². The third-order valence-electron chi connectivity index (χ3n) is 4.59. The van der Waals surface area contributed by atoms with Crippen LogP contribution in [0.5, 0.6) is 0 Å². The lowest BCUT2D eigenvalue weighted by molar-refractivity contribution is -0.122. The number of carbonyl (C=O) groups excluding carboxylic acids is 1. The number of thioether (sulfide) groups is 1. The Bertz CT molecular complexity index is 759. The van der Waals surface area contributed by atoms with Gasteiger partial charge in [0.05, 0.1) is 10.7 Å². The van der Waals surface area contributed by atoms with E-state index in [9.17, 15) is 13.2 Å². The Balaban J connectivity index is 0.000000426. The minimum Gasteiger partial charge on any atom is -0.354 e. The maximum Gasteiger partial charge on any atom is 0.266 e. The molecule has 3 rings (SSSR count). The Labute approximate surface area is 183 Å². The zero-order valence-electron chi connectivity index (χ0n) is 16.7. The van der Waals surface area contributed by atoms with Gasteiger partial charge in [0.15, 0.2) is 0 Å². The minimum atomic E-state index is -3.89. The summed E-state index contributed by atoms with van der Waals surface area (Å²) in [7, 11) is -3.89. The van der Waals surface area contributed by atoms with E-state index < -0.39 is 10.1 Å². The van der Waals surface area contributed by atoms with Gasteiger partial charge in [-0.05, 0) is 63.4 Å². The van der Waals surface area contributed by atoms with E-state index in [1.165, 1.54) is 44.1 Å². The van der Waals surface area contributed by atoms with Crippen LogP contribution >= 0.6 is 24.0 Å². The number of piperidine rings is 1. The molecule has 0 aromatic carbocycles. The number of unbranched alkanes of at least 4 members (excludes halogenated alkanes) is 1. The highest BCUT2D eigenvalue weighted by Gasteiger charge is 2.32. The maximum atomic E-state index is 12.2. The molecule has 1 amide bonds. The van der Waals surface area contributed by atoms with E-state index in [1.54, 1.807) is 4.90 Å². The molecule has 0 aliphatic carbocycles. The molecule has 2 fully saturated rings. The van der Waals surface area contributed by atoms with Crippen LogP contribution in [0.25, 0.3) is 0 Å². The molecular weight excluding hydrogens is 430 g/mol. The molecule has 0 aromatic rings. The first-order chi connectivity index (χ1) is 13.8. The highest BCUT2D eigenvalue weighted by Crippen LogP contribution is 2.34. The fourth-order valence-corrected chi connectivity index (χ4v) is 4.96. The lowest BCUT2D eigenvalue weighted by Gasteiger charge is -2.19. The summed E-state index contributed by atoms with van der Waals surface area (Å²) in [6.07, 6.45) is 12.7. The summed E-state index contributed by atoms with van der Waals surface area (Å²) < 4.78 is 30.5. The number of thiocarbonyl (C=S) groups is 1. The van der Waals surface area contributed by atoms with Gasteiger partial charge in [-0.3, -0.25) is 14.2 Å². The quantitative estimate of drug-likeness (QED) is 0.271. The van der Waals surface area contributed by atoms with Gasteiger partial charge in [0, 0.05) is 25.5 Å². The summed E-state index contributed by atoms with van der Waals surface area (Å²) in [6.45, 7) is 5.60. The van der Waals surface area contributed by atoms with Crippen molar-refractivity contribution in [2.75, 3.05) is 31.9 Å². The van der Waals surface area contributed by atoms with E-state index in [2.05, 4.69) is 5.32 Å². The first-order valence-electron chi connectivity index (χ1n) is 9.88. The van der Waals surface area contributed by atoms with Crippen molar-refractivity contribution in [2.45, 2.75) is 39.0 Å². The molecule has 2 saturated heterocycles. The Hall–Kier alpha value is -1.20. The fraction of sp³-hybridized carbons (Fsp3) is 0.579. The van der Waals surface area contributed by atoms with Gasteiger partial charge in [0.2, 0.25) is 0 Å². The molecule has 0 atom stereocenters. The summed E-state index contributed by atoms with van der Waals surface area (Å²) in [4.78, 5) is 16.4. The first kappa shape index (κ1) is 24.1. The van der Waals surface area contributed by atoms with E-state index in [-0.39, 0.29) is 11.7 Å². The minimum absolute atomic E-state index is 0.0617. The summed E-state index contributed by atoms with van der Waals surface area (Å²) >= 11 is 6.50. The molecule has 0 saturated carbocycles. The van der Waals surface area contributed by atoms with Crippen molar-refractivity contribution in [3.8, 4) is 0 Å². The molecule has 7 nitrogen and oxygen atoms in total. The van der Waals surface area contributed by atoms with Crippen LogP contribution in [0.4, 0.5) is 0 Å². The number of likely N-dealkylation sites (N-methyl/N-ethyl adjacent to an activating group) is 1. The fourth-order valence-electron chi connectivity index (χ4n) is 2.99. The summed E-state index contributed by atoms with van der Waals surface area (Å²) in [5, 5.41) is 3.28. The highest BCUT2D eigenvalue weighted by molar-refractivity contribution is 8.26. The molecule has 3 aliphatic rings. The molecule has 10 heteroatoms. The predicted octanol–water partition coefficient (Wildman–Crippen LogP) is 2.89. The van der Waals surface area contributed by atoms with Crippen LogP contribution in [0.2, 0.25) is 0 Å². The Morgan fingerprint density at radius 3 is 2.28 bits per heavy atom. The summed E-state index contributed by atoms with van der Waals surface area (Å²) in [5.41, 5.74) is 0.826. The third-order valence-corrected chi connectivity index (χ3v) is 6.88. The number of allylic oxidation sites excluding steroid dienone is 3. The number of amides is 1. The Kier molecular flexibility index (Phi) is 9.84. The molecule has 162 valence electrons. The van der Waals surface area contributed by atoms with Gasteiger partial charge in [-0.2, -0.15) is 8.42 Å². The van der Waals surface area contributed by atoms with Crippen LogP contribution in [-0.2, 0) is 14.9 Å². The van der Waals surface area contributed by atoms with E-state index in [1.807, 2.05) is 36.4 Å². The Morgan fingerprint density at radius 1 is 1.17 bits per heavy atom. The van der Waals surface area contributed by atoms with E-state index >= 15 is 0 Å². The molecule has 29 heavy (non-hydrogen) atoms. The monoisotopic (exact) mass is 459 g/mol. The number of rotatable bonds is 6. The van der Waals surface area contributed by atoms with Crippen molar-refractivity contribution < 1.29 is 17.8 Å². The van der Waals surface area contributed by atoms with Crippen molar-refractivity contribution in [2.24, 2.45) is 0 Å². The normalized spacial score (nSPS) is 19.7. The average Bonchev–Trinajstić information content (AvgIpc) is 3.00. The van der Waals surface area contributed by atoms with Crippen LogP contribution in [-0.4, -0.2) is 64.9 Å². The topological polar surface area (TPSA) is 90.0 Å². The second-order valence-electron chi connectivity index (χ2n) is 6.87. The zero-order chi connectivity index (χ0) is 21.3. The van der Waals surface area contributed by atoms with Gasteiger partial charge in [-0.1, -0.05) is 30.4 Å². The van der Waals surface area contributed by atoms with Crippen LogP contribution in [0.1, 0.15) is 39.0 Å². The summed E-state index contributed by atoms with van der Waals surface area (Å²) in [5.74, 6) is -0.285. The largest absolute Gasteiger partial charge is 0.354 e. The van der Waals surface area contributed by atoms with Crippen LogP contribution in [0.15, 0.2) is 35.0 Å². The highest BCUT2D eigenvalue weighted by atomic mass is 32.2. The molecule has 0 radical (unpaired) electrons. The number of hydrogen-bond donors (Lipinski definition) is 2. The number of nitrogens with one attached hydrogen (secondary N) is 1. The number of carbonyl (C=O) groups is 1. The SMILES string of the molecule is C1CCNCC1.CCN1C(=O)C(=C2C=CN(CCCCS(=O)(=O)O)C=C2)SC1=S. The maximum absolute atomic E-state index is 12.2. The number of nitrogens with zero attached hydrogens (tertiary/aromatic N) is 2. The zero-order valence-corrected chi connectivity index (χ0v) is 19.1. The average molecular weight is 460 g/mol. The van der Waals surface area contributed by atoms with Crippen molar-refractivity contribution in [3.05, 3.63) is 35.0 Å². The van der Waals surface area contributed by atoms with Crippen LogP contribution in [0, 0.1) is 0 Å². The first-order valence-corrected chi connectivity index (χ1v) is 12.7. The standard InChI is InChI=1S/C14H18N2O4S3.C5H11N/c1-2-16-13(17)12(22-14(16)21)11-5-8-15(9-6-11)7-3-4-10-23(18,19)20;1-2-4-6-5-3-1/h5-6,8-9H,2-4,7,10H2,1H3,(H,18,19,20);6H,1-5H2. The van der Waals surface area contributed by atoms with Gasteiger partial charge in [0.1, 0.15) is 4.32 Å². The molecular formula is C19H29N3O4S3. The molecule has 0 aromatic heterocycles.